The zero-order chi connectivity index (χ0) is 16.1. The van der Waals surface area contributed by atoms with Gasteiger partial charge in [-0.3, -0.25) is 14.6 Å². The molecule has 0 atom stereocenters. The van der Waals surface area contributed by atoms with E-state index in [1.54, 1.807) is 24.4 Å². The highest BCUT2D eigenvalue weighted by molar-refractivity contribution is 5.94. The zero-order valence-corrected chi connectivity index (χ0v) is 12.8. The average Bonchev–Trinajstić information content (AvgIpc) is 2.63. The van der Waals surface area contributed by atoms with Gasteiger partial charge in [0.25, 0.3) is 11.8 Å². The molecule has 23 heavy (non-hydrogen) atoms. The van der Waals surface area contributed by atoms with Gasteiger partial charge in [0, 0.05) is 30.9 Å². The third kappa shape index (κ3) is 3.74. The van der Waals surface area contributed by atoms with Gasteiger partial charge in [0.05, 0.1) is 0 Å². The molecule has 0 spiro atoms. The number of aromatic nitrogens is 1. The van der Waals surface area contributed by atoms with Crippen LogP contribution >= 0.6 is 0 Å². The fourth-order valence-electron chi connectivity index (χ4n) is 2.75. The van der Waals surface area contributed by atoms with E-state index in [9.17, 15) is 9.59 Å². The number of carbonyl (C=O) groups is 2. The predicted molar refractivity (Wildman–Crippen MR) is 87.1 cm³/mol. The number of hydrogen-bond donors (Lipinski definition) is 1. The molecule has 0 aliphatic carbocycles. The van der Waals surface area contributed by atoms with Crippen molar-refractivity contribution in [1.82, 2.24) is 15.2 Å². The summed E-state index contributed by atoms with van der Waals surface area (Å²) in [5.74, 6) is -0.0986. The maximum Gasteiger partial charge on any atom is 0.270 e. The van der Waals surface area contributed by atoms with E-state index >= 15 is 0 Å². The molecular weight excluding hydrogens is 290 g/mol. The molecule has 3 rings (SSSR count). The monoisotopic (exact) mass is 309 g/mol. The summed E-state index contributed by atoms with van der Waals surface area (Å²) in [5, 5.41) is 2.99. The predicted octanol–water partition coefficient (Wildman–Crippen LogP) is 2.12. The highest BCUT2D eigenvalue weighted by atomic mass is 16.2. The van der Waals surface area contributed by atoms with Gasteiger partial charge in [0.2, 0.25) is 0 Å². The highest BCUT2D eigenvalue weighted by Gasteiger charge is 2.24. The Hall–Kier alpha value is -2.69. The summed E-state index contributed by atoms with van der Waals surface area (Å²) < 4.78 is 0. The third-order valence-corrected chi connectivity index (χ3v) is 4.04. The molecule has 0 unspecified atom stereocenters. The first-order chi connectivity index (χ1) is 11.2. The van der Waals surface area contributed by atoms with Gasteiger partial charge in [-0.05, 0) is 37.1 Å². The summed E-state index contributed by atoms with van der Waals surface area (Å²) >= 11 is 0. The van der Waals surface area contributed by atoms with Crippen molar-refractivity contribution in [2.75, 3.05) is 13.1 Å². The van der Waals surface area contributed by atoms with Gasteiger partial charge in [-0.15, -0.1) is 0 Å². The Morgan fingerprint density at radius 2 is 1.70 bits per heavy atom. The number of piperidine rings is 1. The van der Waals surface area contributed by atoms with E-state index in [-0.39, 0.29) is 17.9 Å². The van der Waals surface area contributed by atoms with Crippen LogP contribution in [-0.4, -0.2) is 40.8 Å². The number of pyridine rings is 1. The minimum absolute atomic E-state index is 0.0557. The first kappa shape index (κ1) is 15.2. The molecule has 2 aromatic rings. The lowest BCUT2D eigenvalue weighted by molar-refractivity contribution is 0.0697. The van der Waals surface area contributed by atoms with E-state index in [4.69, 9.17) is 0 Å². The number of hydrogen-bond acceptors (Lipinski definition) is 3. The van der Waals surface area contributed by atoms with Gasteiger partial charge >= 0.3 is 0 Å². The van der Waals surface area contributed by atoms with Gasteiger partial charge in [0.1, 0.15) is 5.69 Å². The summed E-state index contributed by atoms with van der Waals surface area (Å²) in [6, 6.07) is 14.7. The lowest BCUT2D eigenvalue weighted by atomic mass is 10.0. The first-order valence-electron chi connectivity index (χ1n) is 7.80. The molecule has 0 bridgehead atoms. The Labute approximate surface area is 135 Å². The van der Waals surface area contributed by atoms with E-state index in [0.717, 1.165) is 12.8 Å². The number of amides is 2. The second kappa shape index (κ2) is 7.05. The second-order valence-electron chi connectivity index (χ2n) is 5.62. The van der Waals surface area contributed by atoms with Crippen LogP contribution in [0.1, 0.15) is 33.7 Å². The van der Waals surface area contributed by atoms with Gasteiger partial charge in [0.15, 0.2) is 0 Å². The molecule has 1 aliphatic heterocycles. The van der Waals surface area contributed by atoms with E-state index < -0.39 is 0 Å². The minimum Gasteiger partial charge on any atom is -0.348 e. The third-order valence-electron chi connectivity index (χ3n) is 4.04. The van der Waals surface area contributed by atoms with Crippen molar-refractivity contribution < 1.29 is 9.59 Å². The Bertz CT molecular complexity index is 665. The smallest absolute Gasteiger partial charge is 0.270 e. The van der Waals surface area contributed by atoms with Crippen LogP contribution in [-0.2, 0) is 0 Å². The Morgan fingerprint density at radius 3 is 2.35 bits per heavy atom. The van der Waals surface area contributed by atoms with Crippen LogP contribution in [0.25, 0.3) is 0 Å². The minimum atomic E-state index is -0.154. The first-order valence-corrected chi connectivity index (χ1v) is 7.80. The summed E-state index contributed by atoms with van der Waals surface area (Å²) in [5.41, 5.74) is 1.14. The van der Waals surface area contributed by atoms with Crippen molar-refractivity contribution in [2.45, 2.75) is 18.9 Å². The fraction of sp³-hybridized carbons (Fsp3) is 0.278. The average molecular weight is 309 g/mol. The van der Waals surface area contributed by atoms with Gasteiger partial charge in [-0.25, -0.2) is 0 Å². The molecule has 1 aliphatic rings. The van der Waals surface area contributed by atoms with Crippen molar-refractivity contribution in [2.24, 2.45) is 0 Å². The van der Waals surface area contributed by atoms with Crippen LogP contribution < -0.4 is 5.32 Å². The van der Waals surface area contributed by atoms with Gasteiger partial charge in [-0.2, -0.15) is 0 Å². The van der Waals surface area contributed by atoms with Crippen LogP contribution in [0.4, 0.5) is 0 Å². The molecule has 1 fully saturated rings. The van der Waals surface area contributed by atoms with Crippen molar-refractivity contribution in [3.05, 3.63) is 66.0 Å². The summed E-state index contributed by atoms with van der Waals surface area (Å²) in [6.07, 6.45) is 3.13. The molecule has 1 aromatic carbocycles. The molecule has 1 saturated heterocycles. The van der Waals surface area contributed by atoms with Gasteiger partial charge < -0.3 is 10.2 Å². The quantitative estimate of drug-likeness (QED) is 0.944. The molecule has 0 saturated carbocycles. The van der Waals surface area contributed by atoms with Gasteiger partial charge in [-0.1, -0.05) is 24.3 Å². The Morgan fingerprint density at radius 1 is 1.00 bits per heavy atom. The number of nitrogens with one attached hydrogen (secondary N) is 1. The lowest BCUT2D eigenvalue weighted by Crippen LogP contribution is -2.46. The second-order valence-corrected chi connectivity index (χ2v) is 5.62. The molecule has 0 radical (unpaired) electrons. The zero-order valence-electron chi connectivity index (χ0n) is 12.8. The number of nitrogens with zero attached hydrogens (tertiary/aromatic N) is 2. The summed E-state index contributed by atoms with van der Waals surface area (Å²) in [6.45, 7) is 1.31. The maximum absolute atomic E-state index is 12.4. The van der Waals surface area contributed by atoms with E-state index in [1.165, 1.54) is 0 Å². The number of likely N-dealkylation sites (tertiary alicyclic amines) is 1. The Kier molecular flexibility index (Phi) is 4.66. The molecule has 2 heterocycles. The molecule has 118 valence electrons. The SMILES string of the molecule is O=C(NC1CCN(C(=O)c2ccccc2)CC1)c1ccccn1. The molecule has 1 N–H and O–H groups in total. The highest BCUT2D eigenvalue weighted by Crippen LogP contribution is 2.14. The standard InChI is InChI=1S/C18H19N3O2/c22-17(16-8-4-5-11-19-16)20-15-9-12-21(13-10-15)18(23)14-6-2-1-3-7-14/h1-8,11,15H,9-10,12-13H2,(H,20,22). The van der Waals surface area contributed by atoms with Crippen LogP contribution in [0, 0.1) is 0 Å². The number of rotatable bonds is 3. The van der Waals surface area contributed by atoms with E-state index in [0.29, 0.717) is 24.3 Å². The van der Waals surface area contributed by atoms with Crippen molar-refractivity contribution in [1.29, 1.82) is 0 Å². The summed E-state index contributed by atoms with van der Waals surface area (Å²) in [4.78, 5) is 30.4. The topological polar surface area (TPSA) is 62.3 Å². The molecular formula is C18H19N3O2. The normalized spacial score (nSPS) is 15.2. The van der Waals surface area contributed by atoms with E-state index in [1.807, 2.05) is 35.2 Å². The van der Waals surface area contributed by atoms with E-state index in [2.05, 4.69) is 10.3 Å². The fourth-order valence-corrected chi connectivity index (χ4v) is 2.75. The maximum atomic E-state index is 12.4. The van der Waals surface area contributed by atoms with Crippen molar-refractivity contribution in [3.63, 3.8) is 0 Å². The lowest BCUT2D eigenvalue weighted by Gasteiger charge is -2.32. The van der Waals surface area contributed by atoms with Crippen LogP contribution in [0.15, 0.2) is 54.7 Å². The molecule has 2 amide bonds. The summed E-state index contributed by atoms with van der Waals surface area (Å²) in [7, 11) is 0. The van der Waals surface area contributed by atoms with Crippen LogP contribution in [0.2, 0.25) is 0 Å². The Balaban J connectivity index is 1.53. The van der Waals surface area contributed by atoms with Crippen LogP contribution in [0.5, 0.6) is 0 Å². The van der Waals surface area contributed by atoms with Crippen molar-refractivity contribution >= 4 is 11.8 Å². The van der Waals surface area contributed by atoms with Crippen molar-refractivity contribution in [3.8, 4) is 0 Å². The largest absolute Gasteiger partial charge is 0.348 e. The molecule has 1 aromatic heterocycles. The molecule has 5 heteroatoms. The van der Waals surface area contributed by atoms with Crippen LogP contribution in [0.3, 0.4) is 0 Å². The number of carbonyl (C=O) groups excluding carboxylic acids is 2. The molecule has 5 nitrogen and oxygen atoms in total. The number of benzene rings is 1.